The summed E-state index contributed by atoms with van der Waals surface area (Å²) in [7, 11) is 0. The molecule has 1 rings (SSSR count). The van der Waals surface area contributed by atoms with Gasteiger partial charge in [-0.05, 0) is 13.3 Å². The smallest absolute Gasteiger partial charge is 0.326 e. The number of ether oxygens (including phenoxy) is 1. The number of β-amino-alcohol motifs (C(OH)–C–C–N with tert-alkyl or cyclic N) is 1. The molecule has 0 saturated carbocycles. The molecule has 0 spiro atoms. The van der Waals surface area contributed by atoms with Gasteiger partial charge in [0.25, 0.3) is 0 Å². The molecule has 7 nitrogen and oxygen atoms in total. The number of rotatable bonds is 6. The topological polar surface area (TPSA) is 99.1 Å². The van der Waals surface area contributed by atoms with E-state index in [2.05, 4.69) is 5.32 Å². The predicted molar refractivity (Wildman–Crippen MR) is 63.3 cm³/mol. The Balaban J connectivity index is 2.33. The number of aliphatic hydroxyl groups excluding tert-OH is 1. The van der Waals surface area contributed by atoms with E-state index in [9.17, 15) is 14.7 Å². The van der Waals surface area contributed by atoms with Crippen LogP contribution >= 0.6 is 0 Å². The van der Waals surface area contributed by atoms with Gasteiger partial charge in [-0.25, -0.2) is 9.59 Å². The van der Waals surface area contributed by atoms with Crippen LogP contribution in [0.2, 0.25) is 0 Å². The van der Waals surface area contributed by atoms with Gasteiger partial charge in [0.05, 0.1) is 6.10 Å². The molecule has 104 valence electrons. The SMILES string of the molecule is CCOCCCNC(=O)N1C[C@H](O)C[C@@H]1C(=O)O. The van der Waals surface area contributed by atoms with Gasteiger partial charge in [-0.1, -0.05) is 0 Å². The number of carbonyl (C=O) groups is 2. The number of nitrogens with zero attached hydrogens (tertiary/aromatic N) is 1. The largest absolute Gasteiger partial charge is 0.480 e. The van der Waals surface area contributed by atoms with Crippen molar-refractivity contribution in [2.45, 2.75) is 31.9 Å². The Morgan fingerprint density at radius 1 is 1.50 bits per heavy atom. The molecule has 0 unspecified atom stereocenters. The van der Waals surface area contributed by atoms with Crippen LogP contribution in [-0.2, 0) is 9.53 Å². The van der Waals surface area contributed by atoms with Gasteiger partial charge in [-0.2, -0.15) is 0 Å². The van der Waals surface area contributed by atoms with Gasteiger partial charge in [0.15, 0.2) is 0 Å². The fraction of sp³-hybridized carbons (Fsp3) is 0.818. The third kappa shape index (κ3) is 4.15. The third-order valence-corrected chi connectivity index (χ3v) is 2.77. The number of amides is 2. The van der Waals surface area contributed by atoms with E-state index in [-0.39, 0.29) is 13.0 Å². The van der Waals surface area contributed by atoms with Crippen LogP contribution < -0.4 is 5.32 Å². The van der Waals surface area contributed by atoms with Crippen molar-refractivity contribution in [3.05, 3.63) is 0 Å². The first-order chi connectivity index (χ1) is 8.56. The highest BCUT2D eigenvalue weighted by Crippen LogP contribution is 2.17. The second-order valence-corrected chi connectivity index (χ2v) is 4.18. The fourth-order valence-corrected chi connectivity index (χ4v) is 1.89. The number of carboxylic acids is 1. The number of hydrogen-bond donors (Lipinski definition) is 3. The second-order valence-electron chi connectivity index (χ2n) is 4.18. The van der Waals surface area contributed by atoms with Gasteiger partial charge >= 0.3 is 12.0 Å². The number of carbonyl (C=O) groups excluding carboxylic acids is 1. The summed E-state index contributed by atoms with van der Waals surface area (Å²) in [6, 6.07) is -1.39. The Kier molecular flexibility index (Phi) is 5.87. The lowest BCUT2D eigenvalue weighted by molar-refractivity contribution is -0.141. The minimum Gasteiger partial charge on any atom is -0.480 e. The third-order valence-electron chi connectivity index (χ3n) is 2.77. The van der Waals surface area contributed by atoms with E-state index >= 15 is 0 Å². The number of likely N-dealkylation sites (tertiary alicyclic amines) is 1. The van der Waals surface area contributed by atoms with Crippen LogP contribution in [0.25, 0.3) is 0 Å². The summed E-state index contributed by atoms with van der Waals surface area (Å²) in [5.41, 5.74) is 0. The average molecular weight is 260 g/mol. The molecule has 1 heterocycles. The van der Waals surface area contributed by atoms with E-state index in [1.807, 2.05) is 6.92 Å². The summed E-state index contributed by atoms with van der Waals surface area (Å²) in [6.07, 6.45) is -0.00430. The van der Waals surface area contributed by atoms with Crippen LogP contribution in [0.1, 0.15) is 19.8 Å². The van der Waals surface area contributed by atoms with Crippen molar-refractivity contribution >= 4 is 12.0 Å². The molecule has 1 aliphatic rings. The molecule has 1 fully saturated rings. The average Bonchev–Trinajstić information content (AvgIpc) is 2.71. The summed E-state index contributed by atoms with van der Waals surface area (Å²) in [6.45, 7) is 3.57. The molecule has 0 bridgehead atoms. The van der Waals surface area contributed by atoms with Gasteiger partial charge in [-0.3, -0.25) is 0 Å². The first kappa shape index (κ1) is 14.7. The van der Waals surface area contributed by atoms with E-state index in [4.69, 9.17) is 9.84 Å². The summed E-state index contributed by atoms with van der Waals surface area (Å²) in [4.78, 5) is 23.8. The standard InChI is InChI=1S/C11H20N2O5/c1-2-18-5-3-4-12-11(17)13-7-8(14)6-9(13)10(15)16/h8-9,14H,2-7H2,1H3,(H,12,17)(H,15,16)/t8-,9-/m1/s1. The molecule has 1 aliphatic heterocycles. The Hall–Kier alpha value is -1.34. The Morgan fingerprint density at radius 2 is 2.22 bits per heavy atom. The molecule has 18 heavy (non-hydrogen) atoms. The zero-order valence-corrected chi connectivity index (χ0v) is 10.5. The highest BCUT2D eigenvalue weighted by molar-refractivity contribution is 5.83. The molecule has 0 aromatic heterocycles. The van der Waals surface area contributed by atoms with Gasteiger partial charge < -0.3 is 25.2 Å². The fourth-order valence-electron chi connectivity index (χ4n) is 1.89. The number of hydrogen-bond acceptors (Lipinski definition) is 4. The maximum atomic E-state index is 11.7. The lowest BCUT2D eigenvalue weighted by Gasteiger charge is -2.21. The Bertz CT molecular complexity index is 297. The summed E-state index contributed by atoms with van der Waals surface area (Å²) in [5.74, 6) is -1.09. The molecule has 2 amide bonds. The second kappa shape index (κ2) is 7.17. The molecule has 7 heteroatoms. The van der Waals surface area contributed by atoms with Crippen LogP contribution in [0.3, 0.4) is 0 Å². The Morgan fingerprint density at radius 3 is 2.83 bits per heavy atom. The Labute approximate surface area is 106 Å². The summed E-state index contributed by atoms with van der Waals surface area (Å²) in [5, 5.41) is 21.0. The normalized spacial score (nSPS) is 23.1. The van der Waals surface area contributed by atoms with Crippen LogP contribution in [0.15, 0.2) is 0 Å². The van der Waals surface area contributed by atoms with Gasteiger partial charge in [0, 0.05) is 32.7 Å². The van der Waals surface area contributed by atoms with Crippen LogP contribution in [0, 0.1) is 0 Å². The van der Waals surface area contributed by atoms with E-state index in [1.165, 1.54) is 0 Å². The molecular weight excluding hydrogens is 240 g/mol. The summed E-state index contributed by atoms with van der Waals surface area (Å²) < 4.78 is 5.12. The molecule has 3 N–H and O–H groups in total. The van der Waals surface area contributed by atoms with Gasteiger partial charge in [0.1, 0.15) is 6.04 Å². The van der Waals surface area contributed by atoms with Gasteiger partial charge in [-0.15, -0.1) is 0 Å². The lowest BCUT2D eigenvalue weighted by atomic mass is 10.2. The monoisotopic (exact) mass is 260 g/mol. The van der Waals surface area contributed by atoms with Gasteiger partial charge in [0.2, 0.25) is 0 Å². The number of urea groups is 1. The van der Waals surface area contributed by atoms with Crippen LogP contribution in [0.4, 0.5) is 4.79 Å². The zero-order valence-electron chi connectivity index (χ0n) is 10.5. The predicted octanol–water partition coefficient (Wildman–Crippen LogP) is -0.358. The minimum atomic E-state index is -1.09. The van der Waals surface area contributed by atoms with Crippen molar-refractivity contribution < 1.29 is 24.5 Å². The molecule has 0 radical (unpaired) electrons. The number of carboxylic acid groups (broad SMARTS) is 1. The first-order valence-electron chi connectivity index (χ1n) is 6.09. The first-order valence-corrected chi connectivity index (χ1v) is 6.09. The quantitative estimate of drug-likeness (QED) is 0.566. The van der Waals surface area contributed by atoms with E-state index in [0.717, 1.165) is 4.90 Å². The van der Waals surface area contributed by atoms with E-state index in [0.29, 0.717) is 26.2 Å². The molecule has 1 saturated heterocycles. The maximum Gasteiger partial charge on any atom is 0.326 e. The van der Waals surface area contributed by atoms with Crippen molar-refractivity contribution in [2.24, 2.45) is 0 Å². The van der Waals surface area contributed by atoms with Crippen molar-refractivity contribution in [1.82, 2.24) is 10.2 Å². The molecule has 2 atom stereocenters. The van der Waals surface area contributed by atoms with E-state index < -0.39 is 24.1 Å². The van der Waals surface area contributed by atoms with Crippen molar-refractivity contribution in [3.63, 3.8) is 0 Å². The highest BCUT2D eigenvalue weighted by Gasteiger charge is 2.38. The zero-order chi connectivity index (χ0) is 13.5. The van der Waals surface area contributed by atoms with Crippen LogP contribution in [0.5, 0.6) is 0 Å². The van der Waals surface area contributed by atoms with Crippen LogP contribution in [-0.4, -0.2) is 65.6 Å². The van der Waals surface area contributed by atoms with E-state index in [1.54, 1.807) is 0 Å². The molecule has 0 aromatic carbocycles. The minimum absolute atomic E-state index is 0.0638. The van der Waals surface area contributed by atoms with Crippen molar-refractivity contribution in [1.29, 1.82) is 0 Å². The molecular formula is C11H20N2O5. The van der Waals surface area contributed by atoms with Crippen molar-refractivity contribution in [3.8, 4) is 0 Å². The summed E-state index contributed by atoms with van der Waals surface area (Å²) >= 11 is 0. The lowest BCUT2D eigenvalue weighted by Crippen LogP contribution is -2.46. The molecule has 0 aliphatic carbocycles. The number of aliphatic carboxylic acids is 1. The maximum absolute atomic E-state index is 11.7. The highest BCUT2D eigenvalue weighted by atomic mass is 16.5. The molecule has 0 aromatic rings. The number of nitrogens with one attached hydrogen (secondary N) is 1. The van der Waals surface area contributed by atoms with Crippen molar-refractivity contribution in [2.75, 3.05) is 26.3 Å². The number of aliphatic hydroxyl groups is 1.